The normalized spacial score (nSPS) is 17.6. The highest BCUT2D eigenvalue weighted by Gasteiger charge is 2.20. The zero-order chi connectivity index (χ0) is 13.4. The number of aliphatic carboxylic acids is 1. The molecule has 0 fully saturated rings. The summed E-state index contributed by atoms with van der Waals surface area (Å²) >= 11 is 0. The number of carboxylic acids is 1. The summed E-state index contributed by atoms with van der Waals surface area (Å²) in [5, 5.41) is 21.1. The second kappa shape index (κ2) is 4.67. The van der Waals surface area contributed by atoms with Crippen molar-refractivity contribution in [1.29, 1.82) is 0 Å². The summed E-state index contributed by atoms with van der Waals surface area (Å²) in [7, 11) is 0. The van der Waals surface area contributed by atoms with Gasteiger partial charge in [0, 0.05) is 6.42 Å². The van der Waals surface area contributed by atoms with Crippen LogP contribution in [0.4, 0.5) is 0 Å². The van der Waals surface area contributed by atoms with E-state index in [1.165, 1.54) is 5.56 Å². The highest BCUT2D eigenvalue weighted by Crippen LogP contribution is 2.36. The van der Waals surface area contributed by atoms with Crippen LogP contribution < -0.4 is 0 Å². The van der Waals surface area contributed by atoms with Gasteiger partial charge in [0.1, 0.15) is 0 Å². The molecule has 0 aliphatic heterocycles. The maximum atomic E-state index is 10.7. The highest BCUT2D eigenvalue weighted by atomic mass is 16.4. The van der Waals surface area contributed by atoms with Gasteiger partial charge in [-0.05, 0) is 46.7 Å². The molecule has 0 saturated carbocycles. The lowest BCUT2D eigenvalue weighted by atomic mass is 9.84. The molecule has 0 unspecified atom stereocenters. The van der Waals surface area contributed by atoms with Crippen molar-refractivity contribution < 1.29 is 15.0 Å². The van der Waals surface area contributed by atoms with E-state index in [2.05, 4.69) is 6.07 Å². The van der Waals surface area contributed by atoms with E-state index in [0.717, 1.165) is 34.7 Å². The number of hydrogen-bond acceptors (Lipinski definition) is 2. The molecule has 2 aromatic carbocycles. The topological polar surface area (TPSA) is 57.5 Å². The van der Waals surface area contributed by atoms with Crippen molar-refractivity contribution in [3.05, 3.63) is 47.0 Å². The number of aliphatic hydroxyl groups excluding tert-OH is 1. The molecule has 0 heterocycles. The SMILES string of the molecule is O=C(O)CCc1ccc2c3c(cccc13)CC[C@@H]2O. The number of aryl methyl sites for hydroxylation is 2. The minimum atomic E-state index is -0.777. The smallest absolute Gasteiger partial charge is 0.303 e. The number of hydrogen-bond donors (Lipinski definition) is 2. The second-order valence-corrected chi connectivity index (χ2v) is 5.10. The first-order chi connectivity index (χ1) is 9.16. The molecule has 0 amide bonds. The van der Waals surface area contributed by atoms with E-state index in [1.54, 1.807) is 0 Å². The van der Waals surface area contributed by atoms with Crippen molar-refractivity contribution in [2.24, 2.45) is 0 Å². The molecule has 0 radical (unpaired) electrons. The quantitative estimate of drug-likeness (QED) is 0.887. The highest BCUT2D eigenvalue weighted by molar-refractivity contribution is 5.92. The van der Waals surface area contributed by atoms with Gasteiger partial charge in [-0.15, -0.1) is 0 Å². The number of rotatable bonds is 3. The van der Waals surface area contributed by atoms with Gasteiger partial charge < -0.3 is 10.2 Å². The lowest BCUT2D eigenvalue weighted by Crippen LogP contribution is -2.09. The Morgan fingerprint density at radius 1 is 1.26 bits per heavy atom. The molecule has 3 rings (SSSR count). The third-order valence-corrected chi connectivity index (χ3v) is 3.90. The first-order valence-corrected chi connectivity index (χ1v) is 6.60. The molecular weight excluding hydrogens is 240 g/mol. The van der Waals surface area contributed by atoms with Gasteiger partial charge in [-0.1, -0.05) is 30.3 Å². The van der Waals surface area contributed by atoms with E-state index >= 15 is 0 Å². The average molecular weight is 256 g/mol. The Labute approximate surface area is 111 Å². The fraction of sp³-hybridized carbons (Fsp3) is 0.312. The zero-order valence-corrected chi connectivity index (χ0v) is 10.6. The van der Waals surface area contributed by atoms with Gasteiger partial charge in [0.05, 0.1) is 6.10 Å². The second-order valence-electron chi connectivity index (χ2n) is 5.10. The Morgan fingerprint density at radius 2 is 2.11 bits per heavy atom. The largest absolute Gasteiger partial charge is 0.481 e. The minimum absolute atomic E-state index is 0.140. The lowest BCUT2D eigenvalue weighted by molar-refractivity contribution is -0.136. The summed E-state index contributed by atoms with van der Waals surface area (Å²) in [4.78, 5) is 10.7. The van der Waals surface area contributed by atoms with Crippen LogP contribution in [0.25, 0.3) is 10.8 Å². The maximum absolute atomic E-state index is 10.7. The Hall–Kier alpha value is -1.87. The van der Waals surface area contributed by atoms with Gasteiger partial charge >= 0.3 is 5.97 Å². The Balaban J connectivity index is 2.15. The van der Waals surface area contributed by atoms with Gasteiger partial charge in [-0.3, -0.25) is 4.79 Å². The van der Waals surface area contributed by atoms with Crippen LogP contribution in [0.1, 0.15) is 35.6 Å². The standard InChI is InChI=1S/C16H16O3/c17-14-8-5-11-2-1-3-12-10(6-9-15(18)19)4-7-13(14)16(11)12/h1-4,7,14,17H,5-6,8-9H2,(H,18,19)/t14-/m0/s1. The molecule has 0 bridgehead atoms. The predicted octanol–water partition coefficient (Wildman–Crippen LogP) is 2.84. The van der Waals surface area contributed by atoms with Crippen molar-refractivity contribution in [2.45, 2.75) is 31.8 Å². The van der Waals surface area contributed by atoms with Crippen LogP contribution in [0.15, 0.2) is 30.3 Å². The molecule has 2 aromatic rings. The third-order valence-electron chi connectivity index (χ3n) is 3.90. The van der Waals surface area contributed by atoms with E-state index < -0.39 is 12.1 Å². The molecule has 2 N–H and O–H groups in total. The lowest BCUT2D eigenvalue weighted by Gasteiger charge is -2.23. The van der Waals surface area contributed by atoms with Gasteiger partial charge in [-0.2, -0.15) is 0 Å². The average Bonchev–Trinajstić information content (AvgIpc) is 2.41. The van der Waals surface area contributed by atoms with Crippen LogP contribution in [0.5, 0.6) is 0 Å². The summed E-state index contributed by atoms with van der Waals surface area (Å²) in [6.45, 7) is 0. The van der Waals surface area contributed by atoms with E-state index in [0.29, 0.717) is 6.42 Å². The van der Waals surface area contributed by atoms with Crippen molar-refractivity contribution in [3.8, 4) is 0 Å². The van der Waals surface area contributed by atoms with Crippen LogP contribution in [0.3, 0.4) is 0 Å². The fourth-order valence-corrected chi connectivity index (χ4v) is 2.97. The first kappa shape index (κ1) is 12.2. The summed E-state index contributed by atoms with van der Waals surface area (Å²) < 4.78 is 0. The van der Waals surface area contributed by atoms with Crippen LogP contribution >= 0.6 is 0 Å². The molecule has 0 saturated heterocycles. The number of carboxylic acid groups (broad SMARTS) is 1. The van der Waals surface area contributed by atoms with Gasteiger partial charge in [0.2, 0.25) is 0 Å². The molecule has 98 valence electrons. The van der Waals surface area contributed by atoms with E-state index in [-0.39, 0.29) is 6.42 Å². The first-order valence-electron chi connectivity index (χ1n) is 6.60. The fourth-order valence-electron chi connectivity index (χ4n) is 2.97. The van der Waals surface area contributed by atoms with E-state index in [1.807, 2.05) is 24.3 Å². The molecule has 1 aliphatic carbocycles. The van der Waals surface area contributed by atoms with Crippen molar-refractivity contribution in [2.75, 3.05) is 0 Å². The van der Waals surface area contributed by atoms with Crippen LogP contribution in [0, 0.1) is 0 Å². The molecule has 3 nitrogen and oxygen atoms in total. The van der Waals surface area contributed by atoms with Gasteiger partial charge in [0.25, 0.3) is 0 Å². The molecule has 0 spiro atoms. The molecule has 1 atom stereocenters. The summed E-state index contributed by atoms with van der Waals surface area (Å²) in [5.41, 5.74) is 3.29. The van der Waals surface area contributed by atoms with E-state index in [9.17, 15) is 9.90 Å². The zero-order valence-electron chi connectivity index (χ0n) is 10.6. The monoisotopic (exact) mass is 256 g/mol. The summed E-state index contributed by atoms with van der Waals surface area (Å²) in [6, 6.07) is 10.0. The molecule has 1 aliphatic rings. The predicted molar refractivity (Wildman–Crippen MR) is 73.2 cm³/mol. The number of aliphatic hydroxyl groups is 1. The molecular formula is C16H16O3. The number of carbonyl (C=O) groups is 1. The van der Waals surface area contributed by atoms with Crippen LogP contribution in [0.2, 0.25) is 0 Å². The van der Waals surface area contributed by atoms with Crippen molar-refractivity contribution >= 4 is 16.7 Å². The van der Waals surface area contributed by atoms with Crippen LogP contribution in [-0.4, -0.2) is 16.2 Å². The maximum Gasteiger partial charge on any atom is 0.303 e. The summed E-state index contributed by atoms with van der Waals surface area (Å²) in [6.07, 6.45) is 1.92. The van der Waals surface area contributed by atoms with Crippen molar-refractivity contribution in [3.63, 3.8) is 0 Å². The Bertz CT molecular complexity index is 646. The summed E-state index contributed by atoms with van der Waals surface area (Å²) in [5.74, 6) is -0.777. The molecule has 19 heavy (non-hydrogen) atoms. The van der Waals surface area contributed by atoms with Crippen LogP contribution in [-0.2, 0) is 17.6 Å². The minimum Gasteiger partial charge on any atom is -0.481 e. The van der Waals surface area contributed by atoms with Gasteiger partial charge in [0.15, 0.2) is 0 Å². The van der Waals surface area contributed by atoms with Crippen molar-refractivity contribution in [1.82, 2.24) is 0 Å². The Morgan fingerprint density at radius 3 is 2.89 bits per heavy atom. The third kappa shape index (κ3) is 2.10. The van der Waals surface area contributed by atoms with Gasteiger partial charge in [-0.25, -0.2) is 0 Å². The van der Waals surface area contributed by atoms with E-state index in [4.69, 9.17) is 5.11 Å². The number of benzene rings is 2. The molecule has 0 aromatic heterocycles. The Kier molecular flexibility index (Phi) is 2.99. The molecule has 3 heteroatoms.